The van der Waals surface area contributed by atoms with E-state index in [9.17, 15) is 55.1 Å². The van der Waals surface area contributed by atoms with Crippen LogP contribution in [0.1, 0.15) is 191 Å². The molecule has 1 aromatic carbocycles. The maximum absolute atomic E-state index is 16.0. The van der Waals surface area contributed by atoms with Gasteiger partial charge < -0.3 is 60.0 Å². The molecular weight excluding hydrogens is 1460 g/mol. The standard InChI is InChI=1S/C78H114ClF6N13O12/c1-13-49(4)66-73(108)92(7)46-64(101)90(5)47-65(102)94(9)59(41-50-25-17-14-18-26-50)71(106)91(6)45-62(99)87-56(33-30-51-29-32-54(55(79)40-51)77(80,81)82)70(105)95(10)58(42-52-31-34-61(86-44-52)78(83,84)85)69(104)89-76(35-21-22-36-76)75(110)97(12)67(53-27-19-15-20-28-53)74(109)96(11)60(72(107)98-37-23-16-24-38-98)43-63(100)93(8)57(39-48(2)3)68(103)88-66/h29,31-32,34,40,44,48-50,53,56-60,66-67H,13-28,30,33,35-39,41-43,45-47H2,1-12H3,(H,87,99)(H,88,103)(H,89,104)/t49-,56-,57-,58-,59-,60-,66-,67-/m0/s1. The number of halogens is 7. The fraction of sp³-hybridized carbons (Fsp3) is 0.705. The lowest BCUT2D eigenvalue weighted by atomic mass is 9.81. The molecule has 3 N–H and O–H groups in total. The first kappa shape index (κ1) is 89.1. The summed E-state index contributed by atoms with van der Waals surface area (Å²) in [6.45, 7) is 5.94. The lowest BCUT2D eigenvalue weighted by Crippen LogP contribution is -2.66. The van der Waals surface area contributed by atoms with Crippen LogP contribution in [0, 0.1) is 23.7 Å². The summed E-state index contributed by atoms with van der Waals surface area (Å²) in [5, 5.41) is 7.83. The van der Waals surface area contributed by atoms with Crippen molar-refractivity contribution in [1.29, 1.82) is 0 Å². The largest absolute Gasteiger partial charge is 0.433 e. The number of hydrogen-bond donors (Lipinski definition) is 3. The maximum atomic E-state index is 16.0. The van der Waals surface area contributed by atoms with Gasteiger partial charge in [0, 0.05) is 82.1 Å². The van der Waals surface area contributed by atoms with Crippen LogP contribution in [-0.2, 0) is 82.7 Å². The molecule has 5 fully saturated rings. The highest BCUT2D eigenvalue weighted by atomic mass is 35.5. The summed E-state index contributed by atoms with van der Waals surface area (Å²) >= 11 is 6.18. The first-order valence-electron chi connectivity index (χ1n) is 38.8. The molecule has 1 aromatic heterocycles. The van der Waals surface area contributed by atoms with Gasteiger partial charge in [-0.1, -0.05) is 122 Å². The van der Waals surface area contributed by atoms with Crippen LogP contribution in [-0.4, -0.2) is 257 Å². The molecule has 7 rings (SSSR count). The van der Waals surface area contributed by atoms with E-state index in [1.54, 1.807) is 11.8 Å². The van der Waals surface area contributed by atoms with E-state index < -0.39 is 198 Å². The molecular formula is C78H114ClF6N13O12. The second-order valence-corrected chi connectivity index (χ2v) is 32.1. The molecule has 1 spiro atoms. The molecule has 2 aliphatic heterocycles. The van der Waals surface area contributed by atoms with Crippen molar-refractivity contribution in [2.45, 2.75) is 242 Å². The van der Waals surface area contributed by atoms with Crippen molar-refractivity contribution in [3.63, 3.8) is 0 Å². The number of carbonyl (C=O) groups is 12. The van der Waals surface area contributed by atoms with Gasteiger partial charge in [-0.3, -0.25) is 62.5 Å². The number of benzene rings is 1. The molecule has 5 aliphatic rings. The van der Waals surface area contributed by atoms with E-state index in [4.69, 9.17) is 11.6 Å². The molecule has 3 heterocycles. The first-order chi connectivity index (χ1) is 51.7. The van der Waals surface area contributed by atoms with Gasteiger partial charge in [0.15, 0.2) is 0 Å². The number of rotatable bonds is 13. The lowest BCUT2D eigenvalue weighted by molar-refractivity contribution is -0.157. The Balaban J connectivity index is 1.36. The fourth-order valence-electron chi connectivity index (χ4n) is 16.1. The summed E-state index contributed by atoms with van der Waals surface area (Å²) in [5.41, 5.74) is -4.08. The van der Waals surface area contributed by atoms with Gasteiger partial charge >= 0.3 is 12.4 Å². The Hall–Kier alpha value is -8.12. The molecule has 3 aliphatic carbocycles. The van der Waals surface area contributed by atoms with Crippen molar-refractivity contribution in [2.24, 2.45) is 23.7 Å². The van der Waals surface area contributed by atoms with Gasteiger partial charge in [-0.05, 0) is 124 Å². The highest BCUT2D eigenvalue weighted by Gasteiger charge is 2.51. The van der Waals surface area contributed by atoms with E-state index in [0.717, 1.165) is 82.2 Å². The summed E-state index contributed by atoms with van der Waals surface area (Å²) in [7, 11) is 10.8. The molecule has 12 amide bonds. The van der Waals surface area contributed by atoms with E-state index >= 15 is 28.8 Å². The Morgan fingerprint density at radius 1 is 0.591 bits per heavy atom. The number of carbonyl (C=O) groups excluding carboxylic acids is 12. The number of nitrogens with one attached hydrogen (secondary N) is 3. The zero-order valence-electron chi connectivity index (χ0n) is 65.8. The summed E-state index contributed by atoms with van der Waals surface area (Å²) in [5.74, 6) is -10.5. The normalized spacial score (nSPS) is 25.2. The van der Waals surface area contributed by atoms with E-state index in [1.165, 1.54) is 76.0 Å². The first-order valence-corrected chi connectivity index (χ1v) is 39.2. The molecule has 110 heavy (non-hydrogen) atoms. The monoisotopic (exact) mass is 1570 g/mol. The predicted molar refractivity (Wildman–Crippen MR) is 398 cm³/mol. The third-order valence-electron chi connectivity index (χ3n) is 23.2. The topological polar surface area (TPSA) is 283 Å². The van der Waals surface area contributed by atoms with Gasteiger partial charge in [-0.2, -0.15) is 26.3 Å². The van der Waals surface area contributed by atoms with Crippen molar-refractivity contribution < 1.29 is 83.9 Å². The van der Waals surface area contributed by atoms with E-state index in [0.29, 0.717) is 89.8 Å². The number of amides is 12. The third-order valence-corrected chi connectivity index (χ3v) is 23.5. The summed E-state index contributed by atoms with van der Waals surface area (Å²) in [6, 6.07) is -5.32. The Bertz CT molecular complexity index is 3580. The Morgan fingerprint density at radius 2 is 1.17 bits per heavy atom. The summed E-state index contributed by atoms with van der Waals surface area (Å²) in [6.07, 6.45) is -0.230. The Kier molecular flexibility index (Phi) is 31.9. The minimum atomic E-state index is -4.89. The van der Waals surface area contributed by atoms with Gasteiger partial charge in [0.05, 0.1) is 36.6 Å². The number of aromatic nitrogens is 1. The molecule has 3 saturated carbocycles. The number of pyridine rings is 1. The molecule has 25 nitrogen and oxygen atoms in total. The third kappa shape index (κ3) is 23.0. The number of aryl methyl sites for hydroxylation is 1. The maximum Gasteiger partial charge on any atom is 0.433 e. The second kappa shape index (κ2) is 39.4. The van der Waals surface area contributed by atoms with Gasteiger partial charge in [0.1, 0.15) is 53.5 Å². The van der Waals surface area contributed by atoms with Crippen molar-refractivity contribution >= 4 is 82.5 Å². The molecule has 32 heteroatoms. The Morgan fingerprint density at radius 3 is 1.75 bits per heavy atom. The lowest BCUT2D eigenvalue weighted by Gasteiger charge is -2.43. The van der Waals surface area contributed by atoms with E-state index in [-0.39, 0.29) is 55.1 Å². The molecule has 0 bridgehead atoms. The van der Waals surface area contributed by atoms with Crippen molar-refractivity contribution in [1.82, 2.24) is 65.0 Å². The molecule has 0 radical (unpaired) electrons. The summed E-state index contributed by atoms with van der Waals surface area (Å²) in [4.78, 5) is 196. The van der Waals surface area contributed by atoms with Crippen LogP contribution in [0.3, 0.4) is 0 Å². The number of piperidine rings is 1. The molecule has 0 unspecified atom stereocenters. The highest BCUT2D eigenvalue weighted by molar-refractivity contribution is 6.31. The highest BCUT2D eigenvalue weighted by Crippen LogP contribution is 2.39. The van der Waals surface area contributed by atoms with Gasteiger partial charge in [-0.15, -0.1) is 0 Å². The molecule has 2 saturated heterocycles. The predicted octanol–water partition coefficient (Wildman–Crippen LogP) is 7.92. The second-order valence-electron chi connectivity index (χ2n) is 31.7. The number of likely N-dealkylation sites (N-methyl/N-ethyl adjacent to an activating group) is 8. The van der Waals surface area contributed by atoms with Gasteiger partial charge in [0.2, 0.25) is 70.9 Å². The number of alkyl halides is 6. The van der Waals surface area contributed by atoms with Crippen LogP contribution in [0.2, 0.25) is 5.02 Å². The van der Waals surface area contributed by atoms with Crippen LogP contribution >= 0.6 is 11.6 Å². The van der Waals surface area contributed by atoms with E-state index in [1.807, 2.05) is 20.8 Å². The number of hydrogen-bond acceptors (Lipinski definition) is 13. The van der Waals surface area contributed by atoms with Gasteiger partial charge in [-0.25, -0.2) is 0 Å². The zero-order chi connectivity index (χ0) is 81.4. The minimum absolute atomic E-state index is 0.00264. The minimum Gasteiger partial charge on any atom is -0.343 e. The zero-order valence-corrected chi connectivity index (χ0v) is 66.6. The van der Waals surface area contributed by atoms with Crippen LogP contribution in [0.5, 0.6) is 0 Å². The quantitative estimate of drug-likeness (QED) is 0.161. The van der Waals surface area contributed by atoms with Crippen LogP contribution in [0.4, 0.5) is 26.3 Å². The van der Waals surface area contributed by atoms with Crippen LogP contribution in [0.15, 0.2) is 36.5 Å². The van der Waals surface area contributed by atoms with E-state index in [2.05, 4.69) is 20.9 Å². The van der Waals surface area contributed by atoms with Crippen molar-refractivity contribution in [2.75, 3.05) is 89.1 Å². The van der Waals surface area contributed by atoms with Crippen LogP contribution in [0.25, 0.3) is 0 Å². The SMILES string of the molecule is CC[C@H](C)[C@@H]1NC(=O)[C@H](CC(C)C)N(C)C(=O)C[C@@H](C(=O)N2CCCCC2)N(C)C(=O)[C@H](C2CCCCC2)N(C)C(=O)C2(CCCC2)NC(=O)[C@H](Cc2ccc(C(F)(F)F)nc2)N(C)C(=O)[C@H](CCc2ccc(C(F)(F)F)c(Cl)c2)NC(=O)CN(C)C(=O)[C@H](CC2CCCCC2)N(C)C(=O)CN(C)C(=O)CN(C)C1=O. The smallest absolute Gasteiger partial charge is 0.343 e. The number of nitrogens with zero attached hydrogens (tertiary/aromatic N) is 10. The molecule has 2 aromatic rings. The fourth-order valence-corrected chi connectivity index (χ4v) is 16.4. The average Bonchev–Trinajstić information content (AvgIpc) is 1.04. The number of likely N-dealkylation sites (tertiary alicyclic amines) is 1. The molecule has 612 valence electrons. The Labute approximate surface area is 647 Å². The summed E-state index contributed by atoms with van der Waals surface area (Å²) < 4.78 is 84.3. The molecule has 8 atom stereocenters. The van der Waals surface area contributed by atoms with Gasteiger partial charge in [0.25, 0.3) is 0 Å². The van der Waals surface area contributed by atoms with Crippen LogP contribution < -0.4 is 16.0 Å². The van der Waals surface area contributed by atoms with Crippen molar-refractivity contribution in [3.8, 4) is 0 Å². The van der Waals surface area contributed by atoms with Crippen molar-refractivity contribution in [3.05, 3.63) is 63.9 Å². The average molecular weight is 1580 g/mol.